The fourth-order valence-corrected chi connectivity index (χ4v) is 1.22. The van der Waals surface area contributed by atoms with Gasteiger partial charge in [-0.3, -0.25) is 4.68 Å². The number of hydrogen-bond donors (Lipinski definition) is 1. The summed E-state index contributed by atoms with van der Waals surface area (Å²) in [5.41, 5.74) is 1.08. The Morgan fingerprint density at radius 3 is 3.00 bits per heavy atom. The molecular formula is C10H17F2N3O. The van der Waals surface area contributed by atoms with Crippen LogP contribution in [0.3, 0.4) is 0 Å². The van der Waals surface area contributed by atoms with Crippen LogP contribution in [0.2, 0.25) is 0 Å². The Bertz CT molecular complexity index is 291. The maximum absolute atomic E-state index is 11.7. The molecule has 1 rings (SSSR count). The van der Waals surface area contributed by atoms with Crippen molar-refractivity contribution in [1.29, 1.82) is 0 Å². The van der Waals surface area contributed by atoms with E-state index in [4.69, 9.17) is 4.74 Å². The van der Waals surface area contributed by atoms with Crippen LogP contribution in [0.5, 0.6) is 0 Å². The van der Waals surface area contributed by atoms with Crippen molar-refractivity contribution in [3.8, 4) is 0 Å². The number of nitrogens with one attached hydrogen (secondary N) is 1. The van der Waals surface area contributed by atoms with E-state index in [1.165, 1.54) is 0 Å². The van der Waals surface area contributed by atoms with Crippen LogP contribution >= 0.6 is 0 Å². The summed E-state index contributed by atoms with van der Waals surface area (Å²) in [7, 11) is 0. The van der Waals surface area contributed by atoms with Crippen molar-refractivity contribution < 1.29 is 13.5 Å². The van der Waals surface area contributed by atoms with Crippen molar-refractivity contribution in [2.75, 3.05) is 19.8 Å². The van der Waals surface area contributed by atoms with Crippen LogP contribution in [0, 0.1) is 0 Å². The maximum Gasteiger partial charge on any atom is 0.261 e. The van der Waals surface area contributed by atoms with E-state index in [-0.39, 0.29) is 0 Å². The largest absolute Gasteiger partial charge is 0.374 e. The molecule has 0 aliphatic heterocycles. The van der Waals surface area contributed by atoms with Crippen molar-refractivity contribution in [3.05, 3.63) is 18.0 Å². The van der Waals surface area contributed by atoms with Gasteiger partial charge < -0.3 is 10.1 Å². The fraction of sp³-hybridized carbons (Fsp3) is 0.700. The van der Waals surface area contributed by atoms with Crippen molar-refractivity contribution >= 4 is 0 Å². The van der Waals surface area contributed by atoms with Crippen molar-refractivity contribution in [1.82, 2.24) is 15.1 Å². The molecule has 0 saturated carbocycles. The molecule has 0 aliphatic rings. The van der Waals surface area contributed by atoms with Gasteiger partial charge in [-0.2, -0.15) is 5.10 Å². The van der Waals surface area contributed by atoms with Gasteiger partial charge in [0.1, 0.15) is 6.61 Å². The van der Waals surface area contributed by atoms with E-state index < -0.39 is 13.0 Å². The van der Waals surface area contributed by atoms with Gasteiger partial charge in [0.05, 0.1) is 12.8 Å². The topological polar surface area (TPSA) is 39.1 Å². The molecule has 0 aliphatic carbocycles. The Kier molecular flexibility index (Phi) is 5.95. The number of aromatic nitrogens is 2. The Labute approximate surface area is 93.6 Å². The molecular weight excluding hydrogens is 216 g/mol. The lowest BCUT2D eigenvalue weighted by atomic mass is 10.3. The van der Waals surface area contributed by atoms with Crippen LogP contribution in [0.15, 0.2) is 12.4 Å². The van der Waals surface area contributed by atoms with Crippen molar-refractivity contribution in [3.63, 3.8) is 0 Å². The number of aryl methyl sites for hydroxylation is 1. The SMILES string of the molecule is CCn1cc(CNCCOCC(F)F)cn1. The molecule has 92 valence electrons. The van der Waals surface area contributed by atoms with E-state index in [2.05, 4.69) is 10.4 Å². The lowest BCUT2D eigenvalue weighted by Gasteiger charge is -2.04. The molecule has 0 fully saturated rings. The third-order valence-electron chi connectivity index (χ3n) is 2.01. The van der Waals surface area contributed by atoms with Gasteiger partial charge >= 0.3 is 0 Å². The molecule has 4 nitrogen and oxygen atoms in total. The highest BCUT2D eigenvalue weighted by atomic mass is 19.3. The predicted molar refractivity (Wildman–Crippen MR) is 56.4 cm³/mol. The first-order valence-electron chi connectivity index (χ1n) is 5.30. The van der Waals surface area contributed by atoms with E-state index in [9.17, 15) is 8.78 Å². The third-order valence-corrected chi connectivity index (χ3v) is 2.01. The van der Waals surface area contributed by atoms with Crippen molar-refractivity contribution in [2.45, 2.75) is 26.4 Å². The highest BCUT2D eigenvalue weighted by molar-refractivity contribution is 5.02. The summed E-state index contributed by atoms with van der Waals surface area (Å²) in [5.74, 6) is 0. The van der Waals surface area contributed by atoms with Gasteiger partial charge in [0.2, 0.25) is 0 Å². The second-order valence-corrected chi connectivity index (χ2v) is 3.35. The molecule has 1 N–H and O–H groups in total. The highest BCUT2D eigenvalue weighted by Crippen LogP contribution is 1.96. The molecule has 1 heterocycles. The summed E-state index contributed by atoms with van der Waals surface area (Å²) >= 11 is 0. The first kappa shape index (κ1) is 13.1. The third kappa shape index (κ3) is 5.18. The zero-order valence-electron chi connectivity index (χ0n) is 9.33. The first-order chi connectivity index (χ1) is 7.72. The van der Waals surface area contributed by atoms with Crippen LogP contribution in [-0.2, 0) is 17.8 Å². The van der Waals surface area contributed by atoms with Gasteiger partial charge in [-0.1, -0.05) is 0 Å². The molecule has 0 radical (unpaired) electrons. The van der Waals surface area contributed by atoms with E-state index in [1.807, 2.05) is 17.8 Å². The van der Waals surface area contributed by atoms with Gasteiger partial charge in [-0.15, -0.1) is 0 Å². The molecule has 0 spiro atoms. The monoisotopic (exact) mass is 233 g/mol. The van der Waals surface area contributed by atoms with Crippen LogP contribution in [0.1, 0.15) is 12.5 Å². The average Bonchev–Trinajstić information content (AvgIpc) is 2.70. The molecule has 0 aromatic carbocycles. The van der Waals surface area contributed by atoms with Gasteiger partial charge in [-0.25, -0.2) is 8.78 Å². The van der Waals surface area contributed by atoms with Gasteiger partial charge in [-0.05, 0) is 6.92 Å². The summed E-state index contributed by atoms with van der Waals surface area (Å²) in [4.78, 5) is 0. The normalized spacial score (nSPS) is 11.2. The molecule has 0 atom stereocenters. The number of halogens is 2. The number of alkyl halides is 2. The molecule has 1 aromatic rings. The van der Waals surface area contributed by atoms with Gasteiger partial charge in [0, 0.05) is 31.4 Å². The Morgan fingerprint density at radius 2 is 2.38 bits per heavy atom. The second kappa shape index (κ2) is 7.29. The van der Waals surface area contributed by atoms with E-state index in [0.717, 1.165) is 12.1 Å². The summed E-state index contributed by atoms with van der Waals surface area (Å²) in [5, 5.41) is 7.21. The molecule has 0 saturated heterocycles. The Morgan fingerprint density at radius 1 is 1.56 bits per heavy atom. The van der Waals surface area contributed by atoms with Gasteiger partial charge in [0.15, 0.2) is 0 Å². The summed E-state index contributed by atoms with van der Waals surface area (Å²) in [6, 6.07) is 0. The first-order valence-corrected chi connectivity index (χ1v) is 5.30. The minimum absolute atomic E-state index is 0.298. The summed E-state index contributed by atoms with van der Waals surface area (Å²) < 4.78 is 30.0. The number of hydrogen-bond acceptors (Lipinski definition) is 3. The zero-order chi connectivity index (χ0) is 11.8. The minimum atomic E-state index is -2.39. The smallest absolute Gasteiger partial charge is 0.261 e. The van der Waals surface area contributed by atoms with E-state index in [0.29, 0.717) is 19.7 Å². The average molecular weight is 233 g/mol. The van der Waals surface area contributed by atoms with E-state index >= 15 is 0 Å². The second-order valence-electron chi connectivity index (χ2n) is 3.35. The van der Waals surface area contributed by atoms with Crippen LogP contribution in [0.4, 0.5) is 8.78 Å². The van der Waals surface area contributed by atoms with Crippen LogP contribution in [0.25, 0.3) is 0 Å². The molecule has 0 bridgehead atoms. The predicted octanol–water partition coefficient (Wildman–Crippen LogP) is 1.27. The number of ether oxygens (including phenoxy) is 1. The lowest BCUT2D eigenvalue weighted by Crippen LogP contribution is -2.20. The fourth-order valence-electron chi connectivity index (χ4n) is 1.22. The summed E-state index contributed by atoms with van der Waals surface area (Å²) in [6.07, 6.45) is 1.35. The lowest BCUT2D eigenvalue weighted by molar-refractivity contribution is 0.0187. The molecule has 16 heavy (non-hydrogen) atoms. The van der Waals surface area contributed by atoms with Gasteiger partial charge in [0.25, 0.3) is 6.43 Å². The molecule has 6 heteroatoms. The Hall–Kier alpha value is -1.01. The zero-order valence-corrected chi connectivity index (χ0v) is 9.33. The Balaban J connectivity index is 2.02. The molecule has 0 unspecified atom stereocenters. The number of nitrogens with zero attached hydrogens (tertiary/aromatic N) is 2. The minimum Gasteiger partial charge on any atom is -0.374 e. The maximum atomic E-state index is 11.7. The van der Waals surface area contributed by atoms with Crippen molar-refractivity contribution in [2.24, 2.45) is 0 Å². The quantitative estimate of drug-likeness (QED) is 0.687. The van der Waals surface area contributed by atoms with Crippen LogP contribution < -0.4 is 5.32 Å². The number of rotatable bonds is 8. The molecule has 0 amide bonds. The molecule has 1 aromatic heterocycles. The summed E-state index contributed by atoms with van der Waals surface area (Å²) in [6.45, 7) is 3.91. The van der Waals surface area contributed by atoms with E-state index in [1.54, 1.807) is 6.20 Å². The standard InChI is InChI=1S/C10H17F2N3O/c1-2-15-7-9(6-14-15)5-13-3-4-16-8-10(11)12/h6-7,10,13H,2-5,8H2,1H3. The highest BCUT2D eigenvalue weighted by Gasteiger charge is 2.01. The van der Waals surface area contributed by atoms with Crippen LogP contribution in [-0.4, -0.2) is 36.0 Å².